The van der Waals surface area contributed by atoms with Crippen molar-refractivity contribution in [3.8, 4) is 0 Å². The Hall–Kier alpha value is -3.56. The standard InChI is InChI=1S/C25H23N5O4/c1-23(2)22(33)30-16-11-7-5-9-14(16)25(21(30)28-23)12-17-18(31)27-24(3,34-25)20-26-15-10-6-4-8-13(15)19(32)29(17)20/h4-11,17,21,28H,12H2,1-3H3,(H,27,31)/t17?,21-,24?,25+/m1/s1. The summed E-state index contributed by atoms with van der Waals surface area (Å²) >= 11 is 0. The molecule has 2 bridgehead atoms. The van der Waals surface area contributed by atoms with E-state index in [1.807, 2.05) is 44.2 Å². The molecule has 9 nitrogen and oxygen atoms in total. The van der Waals surface area contributed by atoms with E-state index in [0.717, 1.165) is 11.3 Å². The molecule has 0 radical (unpaired) electrons. The molecule has 2 unspecified atom stereocenters. The average molecular weight is 457 g/mol. The number of fused-ring (bicyclic) bond motifs is 5. The van der Waals surface area contributed by atoms with Crippen molar-refractivity contribution in [1.29, 1.82) is 0 Å². The SMILES string of the molecule is CC1(C)N[C@@H]2N(C1=O)c1ccccc1[C@@]21CC2C(=O)NC(C)(O1)c1nc3ccccc3c(=O)n12. The third-order valence-corrected chi connectivity index (χ3v) is 7.66. The van der Waals surface area contributed by atoms with Gasteiger partial charge in [0.2, 0.25) is 11.8 Å². The Balaban J connectivity index is 1.52. The molecule has 172 valence electrons. The summed E-state index contributed by atoms with van der Waals surface area (Å²) < 4.78 is 8.40. The van der Waals surface area contributed by atoms with Crippen molar-refractivity contribution in [3.63, 3.8) is 0 Å². The van der Waals surface area contributed by atoms with Gasteiger partial charge in [0.25, 0.3) is 5.56 Å². The first kappa shape index (κ1) is 19.9. The van der Waals surface area contributed by atoms with Gasteiger partial charge in [0.1, 0.15) is 17.8 Å². The van der Waals surface area contributed by atoms with E-state index >= 15 is 0 Å². The molecular weight excluding hydrogens is 434 g/mol. The predicted octanol–water partition coefficient (Wildman–Crippen LogP) is 1.61. The fraction of sp³-hybridized carbons (Fsp3) is 0.360. The van der Waals surface area contributed by atoms with Crippen LogP contribution in [0.3, 0.4) is 0 Å². The Morgan fingerprint density at radius 1 is 1.03 bits per heavy atom. The molecule has 8 rings (SSSR count). The quantitative estimate of drug-likeness (QED) is 0.532. The highest BCUT2D eigenvalue weighted by atomic mass is 16.5. The fourth-order valence-electron chi connectivity index (χ4n) is 6.19. The number of benzene rings is 2. The molecule has 3 aromatic rings. The van der Waals surface area contributed by atoms with Crippen molar-refractivity contribution in [2.24, 2.45) is 0 Å². The Kier molecular flexibility index (Phi) is 3.46. The highest BCUT2D eigenvalue weighted by molar-refractivity contribution is 6.05. The monoisotopic (exact) mass is 457 g/mol. The van der Waals surface area contributed by atoms with E-state index in [1.54, 1.807) is 30.0 Å². The van der Waals surface area contributed by atoms with E-state index in [4.69, 9.17) is 9.72 Å². The van der Waals surface area contributed by atoms with Crippen LogP contribution in [0.1, 0.15) is 44.6 Å². The molecule has 6 heterocycles. The predicted molar refractivity (Wildman–Crippen MR) is 123 cm³/mol. The Labute approximate surface area is 194 Å². The van der Waals surface area contributed by atoms with Gasteiger partial charge in [-0.15, -0.1) is 0 Å². The number of ether oxygens (including phenoxy) is 1. The van der Waals surface area contributed by atoms with Gasteiger partial charge in [-0.3, -0.25) is 29.2 Å². The van der Waals surface area contributed by atoms with Crippen molar-refractivity contribution in [3.05, 3.63) is 70.3 Å². The number of amides is 2. The lowest BCUT2D eigenvalue weighted by Crippen LogP contribution is -2.57. The molecule has 1 aromatic heterocycles. The minimum atomic E-state index is -1.38. The van der Waals surface area contributed by atoms with E-state index in [0.29, 0.717) is 16.7 Å². The number of anilines is 1. The largest absolute Gasteiger partial charge is 0.334 e. The second-order valence-electron chi connectivity index (χ2n) is 10.2. The van der Waals surface area contributed by atoms with Gasteiger partial charge in [-0.05, 0) is 39.0 Å². The molecule has 2 aromatic carbocycles. The third-order valence-electron chi connectivity index (χ3n) is 7.66. The summed E-state index contributed by atoms with van der Waals surface area (Å²) in [6.45, 7) is 5.41. The number of aromatic nitrogens is 2. The summed E-state index contributed by atoms with van der Waals surface area (Å²) in [5, 5.41) is 6.89. The zero-order valence-electron chi connectivity index (χ0n) is 19.0. The van der Waals surface area contributed by atoms with E-state index in [1.165, 1.54) is 4.57 Å². The van der Waals surface area contributed by atoms with Crippen LogP contribution in [0.2, 0.25) is 0 Å². The number of hydrogen-bond donors (Lipinski definition) is 2. The zero-order valence-corrected chi connectivity index (χ0v) is 19.0. The molecule has 5 aliphatic heterocycles. The minimum absolute atomic E-state index is 0.0648. The Bertz CT molecular complexity index is 1510. The van der Waals surface area contributed by atoms with Gasteiger partial charge < -0.3 is 10.1 Å². The molecule has 1 spiro atoms. The van der Waals surface area contributed by atoms with Gasteiger partial charge in [0.15, 0.2) is 11.5 Å². The fourth-order valence-corrected chi connectivity index (χ4v) is 6.19. The smallest absolute Gasteiger partial charge is 0.262 e. The van der Waals surface area contributed by atoms with Crippen LogP contribution in [0.4, 0.5) is 5.69 Å². The molecule has 2 saturated heterocycles. The molecule has 0 aliphatic carbocycles. The number of rotatable bonds is 0. The highest BCUT2D eigenvalue weighted by Crippen LogP contribution is 2.57. The van der Waals surface area contributed by atoms with Crippen LogP contribution >= 0.6 is 0 Å². The second-order valence-corrected chi connectivity index (χ2v) is 10.2. The van der Waals surface area contributed by atoms with Crippen LogP contribution in [0.15, 0.2) is 53.3 Å². The lowest BCUT2D eigenvalue weighted by Gasteiger charge is -2.40. The van der Waals surface area contributed by atoms with E-state index in [9.17, 15) is 14.4 Å². The first-order chi connectivity index (χ1) is 16.2. The molecular formula is C25H23N5O4. The van der Waals surface area contributed by atoms with Crippen LogP contribution in [-0.4, -0.2) is 33.1 Å². The van der Waals surface area contributed by atoms with Crippen LogP contribution < -0.4 is 21.1 Å². The first-order valence-corrected chi connectivity index (χ1v) is 11.4. The number of para-hydroxylation sites is 2. The van der Waals surface area contributed by atoms with Gasteiger partial charge in [-0.1, -0.05) is 30.3 Å². The topological polar surface area (TPSA) is 106 Å². The number of carbonyl (C=O) groups is 2. The summed E-state index contributed by atoms with van der Waals surface area (Å²) in [6.07, 6.45) is -0.364. The number of carbonyl (C=O) groups excluding carboxylic acids is 2. The summed E-state index contributed by atoms with van der Waals surface area (Å²) in [4.78, 5) is 47.0. The lowest BCUT2D eigenvalue weighted by molar-refractivity contribution is -0.181. The molecule has 2 N–H and O–H groups in total. The molecule has 5 aliphatic rings. The van der Waals surface area contributed by atoms with Crippen molar-refractivity contribution in [1.82, 2.24) is 20.2 Å². The molecule has 34 heavy (non-hydrogen) atoms. The summed E-state index contributed by atoms with van der Waals surface area (Å²) in [7, 11) is 0. The van der Waals surface area contributed by atoms with E-state index in [-0.39, 0.29) is 23.8 Å². The molecule has 2 fully saturated rings. The summed E-state index contributed by atoms with van der Waals surface area (Å²) in [6, 6.07) is 13.9. The minimum Gasteiger partial charge on any atom is -0.334 e. The van der Waals surface area contributed by atoms with Crippen molar-refractivity contribution < 1.29 is 14.3 Å². The van der Waals surface area contributed by atoms with E-state index in [2.05, 4.69) is 10.6 Å². The highest BCUT2D eigenvalue weighted by Gasteiger charge is 2.67. The van der Waals surface area contributed by atoms with Crippen LogP contribution in [0, 0.1) is 0 Å². The number of nitrogens with one attached hydrogen (secondary N) is 2. The van der Waals surface area contributed by atoms with Gasteiger partial charge in [0.05, 0.1) is 22.1 Å². The average Bonchev–Trinajstić information content (AvgIpc) is 3.08. The van der Waals surface area contributed by atoms with Crippen molar-refractivity contribution in [2.45, 2.75) is 56.3 Å². The van der Waals surface area contributed by atoms with Gasteiger partial charge in [0, 0.05) is 12.0 Å². The van der Waals surface area contributed by atoms with Crippen LogP contribution in [-0.2, 0) is 25.7 Å². The molecule has 2 amide bonds. The Morgan fingerprint density at radius 2 is 1.76 bits per heavy atom. The van der Waals surface area contributed by atoms with Crippen molar-refractivity contribution in [2.75, 3.05) is 4.90 Å². The molecule has 9 heteroatoms. The molecule has 0 saturated carbocycles. The Morgan fingerprint density at radius 3 is 2.59 bits per heavy atom. The van der Waals surface area contributed by atoms with Gasteiger partial charge >= 0.3 is 0 Å². The number of nitrogens with zero attached hydrogens (tertiary/aromatic N) is 3. The van der Waals surface area contributed by atoms with Crippen LogP contribution in [0.5, 0.6) is 0 Å². The van der Waals surface area contributed by atoms with E-state index < -0.39 is 29.1 Å². The summed E-state index contributed by atoms with van der Waals surface area (Å²) in [5.41, 5.74) is -1.43. The van der Waals surface area contributed by atoms with Gasteiger partial charge in [-0.2, -0.15) is 0 Å². The maximum absolute atomic E-state index is 13.6. The van der Waals surface area contributed by atoms with Gasteiger partial charge in [-0.25, -0.2) is 4.98 Å². The number of hydrogen-bond acceptors (Lipinski definition) is 6. The first-order valence-electron chi connectivity index (χ1n) is 11.4. The lowest BCUT2D eigenvalue weighted by atomic mass is 9.85. The second kappa shape index (κ2) is 5.92. The zero-order chi connectivity index (χ0) is 23.6. The van der Waals surface area contributed by atoms with Crippen molar-refractivity contribution >= 4 is 28.4 Å². The normalized spacial score (nSPS) is 32.5. The van der Waals surface area contributed by atoms with Crippen LogP contribution in [0.25, 0.3) is 10.9 Å². The summed E-state index contributed by atoms with van der Waals surface area (Å²) in [5.74, 6) is -0.00670. The maximum Gasteiger partial charge on any atom is 0.262 e. The third kappa shape index (κ3) is 2.17. The maximum atomic E-state index is 13.6. The molecule has 4 atom stereocenters.